The van der Waals surface area contributed by atoms with Gasteiger partial charge in [0.1, 0.15) is 0 Å². The zero-order valence-corrected chi connectivity index (χ0v) is 13.4. The van der Waals surface area contributed by atoms with Gasteiger partial charge in [0.25, 0.3) is 0 Å². The van der Waals surface area contributed by atoms with Crippen LogP contribution in [0.2, 0.25) is 0 Å². The summed E-state index contributed by atoms with van der Waals surface area (Å²) in [5.74, 6) is 0.810. The van der Waals surface area contributed by atoms with Crippen LogP contribution in [0.1, 0.15) is 57.4 Å². The van der Waals surface area contributed by atoms with Crippen molar-refractivity contribution in [2.24, 2.45) is 5.92 Å². The lowest BCUT2D eigenvalue weighted by atomic mass is 9.77. The van der Waals surface area contributed by atoms with Crippen LogP contribution in [0.5, 0.6) is 0 Å². The highest BCUT2D eigenvalue weighted by Crippen LogP contribution is 2.32. The molecule has 2 aliphatic rings. The Morgan fingerprint density at radius 2 is 1.95 bits per heavy atom. The van der Waals surface area contributed by atoms with Gasteiger partial charge in [-0.3, -0.25) is 0 Å². The van der Waals surface area contributed by atoms with E-state index in [0.29, 0.717) is 6.04 Å². The Morgan fingerprint density at radius 1 is 1.10 bits per heavy atom. The van der Waals surface area contributed by atoms with Crippen molar-refractivity contribution in [2.75, 3.05) is 11.9 Å². The average molecular weight is 286 g/mol. The summed E-state index contributed by atoms with van der Waals surface area (Å²) in [6.45, 7) is 3.45. The number of hydrogen-bond acceptors (Lipinski definition) is 2. The molecule has 21 heavy (non-hydrogen) atoms. The largest absolute Gasteiger partial charge is 0.382 e. The molecule has 3 unspecified atom stereocenters. The van der Waals surface area contributed by atoms with Crippen LogP contribution in [-0.4, -0.2) is 18.6 Å². The molecular formula is C19H30N2. The molecule has 1 aliphatic heterocycles. The van der Waals surface area contributed by atoms with Crippen molar-refractivity contribution in [3.8, 4) is 0 Å². The number of nitrogens with one attached hydrogen (secondary N) is 2. The van der Waals surface area contributed by atoms with Crippen molar-refractivity contribution >= 4 is 5.69 Å². The van der Waals surface area contributed by atoms with E-state index in [2.05, 4.69) is 41.8 Å². The molecular weight excluding hydrogens is 256 g/mol. The minimum absolute atomic E-state index is 0.654. The van der Waals surface area contributed by atoms with E-state index in [1.54, 1.807) is 0 Å². The minimum atomic E-state index is 0.654. The summed E-state index contributed by atoms with van der Waals surface area (Å²) in [5.41, 5.74) is 2.75. The van der Waals surface area contributed by atoms with Crippen LogP contribution >= 0.6 is 0 Å². The zero-order valence-electron chi connectivity index (χ0n) is 13.4. The van der Waals surface area contributed by atoms with Crippen LogP contribution in [0.4, 0.5) is 5.69 Å². The highest BCUT2D eigenvalue weighted by molar-refractivity contribution is 5.46. The number of benzene rings is 1. The number of anilines is 1. The number of rotatable bonds is 4. The maximum absolute atomic E-state index is 3.86. The first kappa shape index (κ1) is 14.9. The van der Waals surface area contributed by atoms with Gasteiger partial charge in [0.05, 0.1) is 0 Å². The van der Waals surface area contributed by atoms with E-state index in [1.807, 2.05) is 0 Å². The van der Waals surface area contributed by atoms with Crippen molar-refractivity contribution in [1.29, 1.82) is 0 Å². The Balaban J connectivity index is 1.68. The van der Waals surface area contributed by atoms with E-state index >= 15 is 0 Å². The molecule has 3 atom stereocenters. The SMILES string of the molecule is CCc1cccc(NC2CCCCC2C2CCCCN2)c1. The van der Waals surface area contributed by atoms with Crippen molar-refractivity contribution < 1.29 is 0 Å². The molecule has 0 radical (unpaired) electrons. The molecule has 1 saturated carbocycles. The van der Waals surface area contributed by atoms with Gasteiger partial charge >= 0.3 is 0 Å². The Morgan fingerprint density at radius 3 is 2.76 bits per heavy atom. The second kappa shape index (κ2) is 7.31. The van der Waals surface area contributed by atoms with Crippen molar-refractivity contribution in [2.45, 2.75) is 70.4 Å². The molecule has 2 fully saturated rings. The Labute approximate surface area is 129 Å². The normalized spacial score (nSPS) is 30.0. The van der Waals surface area contributed by atoms with Gasteiger partial charge < -0.3 is 10.6 Å². The van der Waals surface area contributed by atoms with Gasteiger partial charge in [0.2, 0.25) is 0 Å². The molecule has 2 nitrogen and oxygen atoms in total. The standard InChI is InChI=1S/C19H30N2/c1-2-15-8-7-9-16(14-15)21-19-12-4-3-10-17(19)18-11-5-6-13-20-18/h7-9,14,17-21H,2-6,10-13H2,1H3. The van der Waals surface area contributed by atoms with Crippen LogP contribution in [-0.2, 0) is 6.42 Å². The molecule has 1 saturated heterocycles. The lowest BCUT2D eigenvalue weighted by Crippen LogP contribution is -2.48. The zero-order chi connectivity index (χ0) is 14.5. The van der Waals surface area contributed by atoms with Crippen molar-refractivity contribution in [3.05, 3.63) is 29.8 Å². The molecule has 1 heterocycles. The summed E-state index contributed by atoms with van der Waals surface area (Å²) < 4.78 is 0. The smallest absolute Gasteiger partial charge is 0.0345 e. The first-order valence-corrected chi connectivity index (χ1v) is 8.95. The molecule has 0 aromatic heterocycles. The molecule has 2 N–H and O–H groups in total. The molecule has 2 heteroatoms. The molecule has 0 amide bonds. The quantitative estimate of drug-likeness (QED) is 0.859. The first-order chi connectivity index (χ1) is 10.4. The van der Waals surface area contributed by atoms with Crippen LogP contribution in [0.15, 0.2) is 24.3 Å². The Bertz CT molecular complexity index is 437. The number of piperidine rings is 1. The van der Waals surface area contributed by atoms with E-state index in [-0.39, 0.29) is 0 Å². The molecule has 0 spiro atoms. The molecule has 1 aromatic rings. The second-order valence-electron chi connectivity index (χ2n) is 6.81. The van der Waals surface area contributed by atoms with Crippen LogP contribution in [0, 0.1) is 5.92 Å². The predicted molar refractivity (Wildman–Crippen MR) is 90.8 cm³/mol. The summed E-state index contributed by atoms with van der Waals surface area (Å²) >= 11 is 0. The van der Waals surface area contributed by atoms with Gasteiger partial charge in [-0.05, 0) is 62.3 Å². The fourth-order valence-corrected chi connectivity index (χ4v) is 4.16. The Kier molecular flexibility index (Phi) is 5.18. The van der Waals surface area contributed by atoms with Gasteiger partial charge in [-0.15, -0.1) is 0 Å². The molecule has 0 bridgehead atoms. The summed E-state index contributed by atoms with van der Waals surface area (Å²) in [7, 11) is 0. The monoisotopic (exact) mass is 286 g/mol. The Hall–Kier alpha value is -1.02. The fraction of sp³-hybridized carbons (Fsp3) is 0.684. The lowest BCUT2D eigenvalue weighted by molar-refractivity contribution is 0.217. The van der Waals surface area contributed by atoms with Crippen molar-refractivity contribution in [1.82, 2.24) is 5.32 Å². The summed E-state index contributed by atoms with van der Waals surface area (Å²) in [6.07, 6.45) is 10.8. The number of aryl methyl sites for hydroxylation is 1. The van der Waals surface area contributed by atoms with Crippen LogP contribution in [0.25, 0.3) is 0 Å². The maximum Gasteiger partial charge on any atom is 0.0345 e. The predicted octanol–water partition coefficient (Wildman–Crippen LogP) is 4.36. The van der Waals surface area contributed by atoms with E-state index in [9.17, 15) is 0 Å². The first-order valence-electron chi connectivity index (χ1n) is 8.95. The molecule has 116 valence electrons. The van der Waals surface area contributed by atoms with E-state index < -0.39 is 0 Å². The lowest BCUT2D eigenvalue weighted by Gasteiger charge is -2.40. The van der Waals surface area contributed by atoms with Crippen molar-refractivity contribution in [3.63, 3.8) is 0 Å². The summed E-state index contributed by atoms with van der Waals surface area (Å²) in [4.78, 5) is 0. The van der Waals surface area contributed by atoms with Gasteiger partial charge in [-0.25, -0.2) is 0 Å². The maximum atomic E-state index is 3.86. The van der Waals surface area contributed by atoms with E-state index in [4.69, 9.17) is 0 Å². The molecule has 3 rings (SSSR count). The minimum Gasteiger partial charge on any atom is -0.382 e. The highest BCUT2D eigenvalue weighted by atomic mass is 15.0. The summed E-state index contributed by atoms with van der Waals surface area (Å²) in [5, 5.41) is 7.65. The average Bonchev–Trinajstić information content (AvgIpc) is 2.56. The van der Waals surface area contributed by atoms with Crippen LogP contribution < -0.4 is 10.6 Å². The molecule has 1 aliphatic carbocycles. The third kappa shape index (κ3) is 3.79. The fourth-order valence-electron chi connectivity index (χ4n) is 4.16. The number of hydrogen-bond donors (Lipinski definition) is 2. The van der Waals surface area contributed by atoms with Crippen LogP contribution in [0.3, 0.4) is 0 Å². The summed E-state index contributed by atoms with van der Waals surface area (Å²) in [6, 6.07) is 10.4. The van der Waals surface area contributed by atoms with E-state index in [1.165, 1.54) is 62.7 Å². The van der Waals surface area contributed by atoms with E-state index in [0.717, 1.165) is 18.4 Å². The third-order valence-electron chi connectivity index (χ3n) is 5.37. The second-order valence-corrected chi connectivity index (χ2v) is 6.81. The van der Waals surface area contributed by atoms with Gasteiger partial charge in [0.15, 0.2) is 0 Å². The topological polar surface area (TPSA) is 24.1 Å². The highest BCUT2D eigenvalue weighted by Gasteiger charge is 2.32. The van der Waals surface area contributed by atoms with Gasteiger partial charge in [0, 0.05) is 17.8 Å². The van der Waals surface area contributed by atoms with Gasteiger partial charge in [-0.2, -0.15) is 0 Å². The molecule has 1 aromatic carbocycles. The third-order valence-corrected chi connectivity index (χ3v) is 5.37. The van der Waals surface area contributed by atoms with Gasteiger partial charge in [-0.1, -0.05) is 38.3 Å².